The summed E-state index contributed by atoms with van der Waals surface area (Å²) < 4.78 is 5.35. The monoisotopic (exact) mass is 282 g/mol. The van der Waals surface area contributed by atoms with Crippen LogP contribution in [0.4, 0.5) is 5.69 Å². The van der Waals surface area contributed by atoms with Crippen LogP contribution >= 0.6 is 11.6 Å². The number of halogens is 1. The molecule has 1 amide bonds. The summed E-state index contributed by atoms with van der Waals surface area (Å²) in [6.45, 7) is 4.80. The first kappa shape index (κ1) is 14.2. The minimum Gasteiger partial charge on any atom is -0.398 e. The third kappa shape index (κ3) is 3.19. The molecule has 0 aliphatic carbocycles. The average Bonchev–Trinajstić information content (AvgIpc) is 2.88. The zero-order chi connectivity index (χ0) is 13.8. The third-order valence-corrected chi connectivity index (χ3v) is 3.75. The Bertz CT molecular complexity index is 439. The topological polar surface area (TPSA) is 55.6 Å². The van der Waals surface area contributed by atoms with Gasteiger partial charge in [0.2, 0.25) is 0 Å². The maximum atomic E-state index is 12.5. The zero-order valence-corrected chi connectivity index (χ0v) is 11.8. The molecule has 2 N–H and O–H groups in total. The smallest absolute Gasteiger partial charge is 0.257 e. The van der Waals surface area contributed by atoms with E-state index in [9.17, 15) is 4.79 Å². The molecule has 1 aliphatic heterocycles. The standard InChI is InChI=1S/C14H19ClN2O2/c1-2-17(8-10-6-7-19-9-10)14(18)13-11(15)4-3-5-12(13)16/h3-5,10H,2,6-9,16H2,1H3. The van der Waals surface area contributed by atoms with Crippen LogP contribution in [0, 0.1) is 5.92 Å². The van der Waals surface area contributed by atoms with Crippen LogP contribution in [0.1, 0.15) is 23.7 Å². The number of ether oxygens (including phenoxy) is 1. The van der Waals surface area contributed by atoms with E-state index in [-0.39, 0.29) is 5.91 Å². The highest BCUT2D eigenvalue weighted by molar-refractivity contribution is 6.34. The molecule has 104 valence electrons. The molecule has 1 heterocycles. The molecule has 1 saturated heterocycles. The second kappa shape index (κ2) is 6.26. The molecule has 1 unspecified atom stereocenters. The van der Waals surface area contributed by atoms with Crippen molar-refractivity contribution in [1.82, 2.24) is 4.90 Å². The molecule has 1 aliphatic rings. The Morgan fingerprint density at radius 1 is 1.58 bits per heavy atom. The molecule has 4 nitrogen and oxygen atoms in total. The Hall–Kier alpha value is -1.26. The van der Waals surface area contributed by atoms with E-state index in [1.807, 2.05) is 6.92 Å². The van der Waals surface area contributed by atoms with Gasteiger partial charge in [0.15, 0.2) is 0 Å². The maximum Gasteiger partial charge on any atom is 0.257 e. The summed E-state index contributed by atoms with van der Waals surface area (Å²) in [6, 6.07) is 5.14. The normalized spacial score (nSPS) is 18.5. The van der Waals surface area contributed by atoms with Crippen molar-refractivity contribution in [3.05, 3.63) is 28.8 Å². The van der Waals surface area contributed by atoms with E-state index < -0.39 is 0 Å². The highest BCUT2D eigenvalue weighted by Crippen LogP contribution is 2.24. The minimum atomic E-state index is -0.0995. The molecule has 5 heteroatoms. The van der Waals surface area contributed by atoms with Crippen LogP contribution < -0.4 is 5.73 Å². The van der Waals surface area contributed by atoms with Gasteiger partial charge < -0.3 is 15.4 Å². The molecule has 1 aromatic rings. The fourth-order valence-electron chi connectivity index (χ4n) is 2.32. The van der Waals surface area contributed by atoms with Gasteiger partial charge in [0.05, 0.1) is 17.2 Å². The molecule has 2 rings (SSSR count). The highest BCUT2D eigenvalue weighted by Gasteiger charge is 2.24. The second-order valence-corrected chi connectivity index (χ2v) is 5.18. The number of benzene rings is 1. The van der Waals surface area contributed by atoms with Gasteiger partial charge >= 0.3 is 0 Å². The quantitative estimate of drug-likeness (QED) is 0.863. The molecule has 0 saturated carbocycles. The first-order valence-electron chi connectivity index (χ1n) is 6.54. The van der Waals surface area contributed by atoms with Gasteiger partial charge in [-0.1, -0.05) is 17.7 Å². The molecule has 0 radical (unpaired) electrons. The SMILES string of the molecule is CCN(CC1CCOC1)C(=O)c1c(N)cccc1Cl. The molecule has 0 aromatic heterocycles. The predicted molar refractivity (Wildman–Crippen MR) is 76.4 cm³/mol. The van der Waals surface area contributed by atoms with Crippen molar-refractivity contribution < 1.29 is 9.53 Å². The summed E-state index contributed by atoms with van der Waals surface area (Å²) in [5.74, 6) is 0.310. The van der Waals surface area contributed by atoms with Crippen LogP contribution in [0.25, 0.3) is 0 Å². The van der Waals surface area contributed by atoms with Crippen LogP contribution in [0.2, 0.25) is 5.02 Å². The Morgan fingerprint density at radius 3 is 2.95 bits per heavy atom. The molecule has 0 spiro atoms. The van der Waals surface area contributed by atoms with Gasteiger partial charge in [-0.2, -0.15) is 0 Å². The number of anilines is 1. The van der Waals surface area contributed by atoms with Gasteiger partial charge in [-0.15, -0.1) is 0 Å². The number of hydrogen-bond donors (Lipinski definition) is 1. The van der Waals surface area contributed by atoms with E-state index in [4.69, 9.17) is 22.1 Å². The molecule has 19 heavy (non-hydrogen) atoms. The molecular weight excluding hydrogens is 264 g/mol. The van der Waals surface area contributed by atoms with Gasteiger partial charge in [0, 0.05) is 31.3 Å². The first-order valence-corrected chi connectivity index (χ1v) is 6.92. The predicted octanol–water partition coefficient (Wildman–Crippen LogP) is 2.42. The van der Waals surface area contributed by atoms with Crippen LogP contribution in [0.3, 0.4) is 0 Å². The summed E-state index contributed by atoms with van der Waals surface area (Å²) in [7, 11) is 0. The number of nitrogens with zero attached hydrogens (tertiary/aromatic N) is 1. The molecule has 1 aromatic carbocycles. The molecular formula is C14H19ClN2O2. The van der Waals surface area contributed by atoms with Crippen molar-refractivity contribution in [2.75, 3.05) is 32.0 Å². The summed E-state index contributed by atoms with van der Waals surface area (Å²) in [5.41, 5.74) is 6.70. The second-order valence-electron chi connectivity index (χ2n) is 4.78. The van der Waals surface area contributed by atoms with Crippen molar-refractivity contribution >= 4 is 23.2 Å². The van der Waals surface area contributed by atoms with E-state index in [1.54, 1.807) is 23.1 Å². The number of carbonyl (C=O) groups is 1. The molecule has 1 atom stereocenters. The van der Waals surface area contributed by atoms with E-state index in [2.05, 4.69) is 0 Å². The summed E-state index contributed by atoms with van der Waals surface area (Å²) >= 11 is 6.09. The number of hydrogen-bond acceptors (Lipinski definition) is 3. The lowest BCUT2D eigenvalue weighted by Crippen LogP contribution is -2.36. The lowest BCUT2D eigenvalue weighted by Gasteiger charge is -2.24. The number of nitrogen functional groups attached to an aromatic ring is 1. The van der Waals surface area contributed by atoms with Gasteiger partial charge in [-0.3, -0.25) is 4.79 Å². The fraction of sp³-hybridized carbons (Fsp3) is 0.500. The van der Waals surface area contributed by atoms with E-state index in [0.29, 0.717) is 35.3 Å². The third-order valence-electron chi connectivity index (χ3n) is 3.43. The largest absolute Gasteiger partial charge is 0.398 e. The maximum absolute atomic E-state index is 12.5. The van der Waals surface area contributed by atoms with Crippen molar-refractivity contribution in [1.29, 1.82) is 0 Å². The van der Waals surface area contributed by atoms with Gasteiger partial charge in [0.25, 0.3) is 5.91 Å². The lowest BCUT2D eigenvalue weighted by molar-refractivity contribution is 0.0732. The van der Waals surface area contributed by atoms with Crippen molar-refractivity contribution in [3.63, 3.8) is 0 Å². The van der Waals surface area contributed by atoms with E-state index >= 15 is 0 Å². The van der Waals surface area contributed by atoms with Crippen molar-refractivity contribution in [3.8, 4) is 0 Å². The van der Waals surface area contributed by atoms with Gasteiger partial charge in [-0.05, 0) is 25.5 Å². The summed E-state index contributed by atoms with van der Waals surface area (Å²) in [4.78, 5) is 14.3. The first-order chi connectivity index (χ1) is 9.13. The fourth-order valence-corrected chi connectivity index (χ4v) is 2.58. The number of nitrogens with two attached hydrogens (primary N) is 1. The van der Waals surface area contributed by atoms with Crippen LogP contribution in [0.15, 0.2) is 18.2 Å². The number of amides is 1. The van der Waals surface area contributed by atoms with Gasteiger partial charge in [-0.25, -0.2) is 0 Å². The number of rotatable bonds is 4. The van der Waals surface area contributed by atoms with Crippen molar-refractivity contribution in [2.24, 2.45) is 5.92 Å². The zero-order valence-electron chi connectivity index (χ0n) is 11.1. The van der Waals surface area contributed by atoms with Gasteiger partial charge in [0.1, 0.15) is 0 Å². The minimum absolute atomic E-state index is 0.0995. The van der Waals surface area contributed by atoms with E-state index in [1.165, 1.54) is 0 Å². The van der Waals surface area contributed by atoms with Crippen LogP contribution in [-0.2, 0) is 4.74 Å². The summed E-state index contributed by atoms with van der Waals surface area (Å²) in [6.07, 6.45) is 1.00. The Labute approximate surface area is 118 Å². The molecule has 1 fully saturated rings. The molecule has 0 bridgehead atoms. The van der Waals surface area contributed by atoms with E-state index in [0.717, 1.165) is 19.6 Å². The summed E-state index contributed by atoms with van der Waals surface area (Å²) in [5, 5.41) is 0.408. The lowest BCUT2D eigenvalue weighted by atomic mass is 10.1. The number of carbonyl (C=O) groups excluding carboxylic acids is 1. The van der Waals surface area contributed by atoms with Crippen LogP contribution in [-0.4, -0.2) is 37.1 Å². The van der Waals surface area contributed by atoms with Crippen LogP contribution in [0.5, 0.6) is 0 Å². The Morgan fingerprint density at radius 2 is 2.37 bits per heavy atom. The average molecular weight is 283 g/mol. The Kier molecular flexibility index (Phi) is 4.66. The highest BCUT2D eigenvalue weighted by atomic mass is 35.5. The Balaban J connectivity index is 2.15. The van der Waals surface area contributed by atoms with Crippen molar-refractivity contribution in [2.45, 2.75) is 13.3 Å².